The Morgan fingerprint density at radius 2 is 2.12 bits per heavy atom. The summed E-state index contributed by atoms with van der Waals surface area (Å²) >= 11 is 0. The van der Waals surface area contributed by atoms with Gasteiger partial charge in [0.25, 0.3) is 0 Å². The number of carbonyl (C=O) groups is 1. The third-order valence-corrected chi connectivity index (χ3v) is 3.75. The van der Waals surface area contributed by atoms with Crippen molar-refractivity contribution in [2.45, 2.75) is 44.7 Å². The molecule has 0 saturated carbocycles. The van der Waals surface area contributed by atoms with Crippen molar-refractivity contribution in [3.63, 3.8) is 0 Å². The molecule has 0 radical (unpaired) electrons. The third kappa shape index (κ3) is 2.20. The van der Waals surface area contributed by atoms with Crippen molar-refractivity contribution in [3.8, 4) is 0 Å². The average Bonchev–Trinajstić information content (AvgIpc) is 2.18. The van der Waals surface area contributed by atoms with Gasteiger partial charge in [0.2, 0.25) is 5.91 Å². The number of benzene rings is 1. The normalized spacial score (nSPS) is 20.1. The molecule has 0 heterocycles. The Bertz CT molecular complexity index is 438. The van der Waals surface area contributed by atoms with E-state index in [1.54, 1.807) is 0 Å². The van der Waals surface area contributed by atoms with Gasteiger partial charge in [0.1, 0.15) is 0 Å². The lowest BCUT2D eigenvalue weighted by molar-refractivity contribution is -0.124. The van der Waals surface area contributed by atoms with Gasteiger partial charge in [-0.1, -0.05) is 24.3 Å². The zero-order valence-corrected chi connectivity index (χ0v) is 10.7. The van der Waals surface area contributed by atoms with Gasteiger partial charge in [0.15, 0.2) is 0 Å². The lowest BCUT2D eigenvalue weighted by Crippen LogP contribution is -2.56. The molecule has 3 nitrogen and oxygen atoms in total. The first-order valence-corrected chi connectivity index (χ1v) is 6.07. The van der Waals surface area contributed by atoms with E-state index in [0.29, 0.717) is 0 Å². The molecule has 1 aromatic carbocycles. The molecule has 3 N–H and O–H groups in total. The number of nitrogens with two attached hydrogens (primary N) is 1. The highest BCUT2D eigenvalue weighted by Crippen LogP contribution is 2.35. The van der Waals surface area contributed by atoms with Gasteiger partial charge in [-0.15, -0.1) is 0 Å². The molecule has 2 atom stereocenters. The summed E-state index contributed by atoms with van der Waals surface area (Å²) in [7, 11) is 0. The van der Waals surface area contributed by atoms with Gasteiger partial charge in [-0.3, -0.25) is 4.79 Å². The molecule has 3 heteroatoms. The summed E-state index contributed by atoms with van der Waals surface area (Å²) in [4.78, 5) is 12.1. The number of fused-ring (bicyclic) bond motifs is 1. The van der Waals surface area contributed by atoms with E-state index in [1.807, 2.05) is 39.0 Å². The number of carbonyl (C=O) groups excluding carboxylic acids is 1. The first-order valence-electron chi connectivity index (χ1n) is 6.07. The van der Waals surface area contributed by atoms with Gasteiger partial charge < -0.3 is 11.1 Å². The molecule has 0 aliphatic heterocycles. The highest BCUT2D eigenvalue weighted by atomic mass is 16.2. The lowest BCUT2D eigenvalue weighted by Gasteiger charge is -2.35. The molecule has 1 aliphatic rings. The fourth-order valence-electron chi connectivity index (χ4n) is 2.01. The van der Waals surface area contributed by atoms with Crippen molar-refractivity contribution in [1.29, 1.82) is 0 Å². The second kappa shape index (κ2) is 4.15. The van der Waals surface area contributed by atoms with E-state index in [4.69, 9.17) is 5.73 Å². The van der Waals surface area contributed by atoms with Gasteiger partial charge in [-0.05, 0) is 38.3 Å². The van der Waals surface area contributed by atoms with Crippen molar-refractivity contribution in [2.75, 3.05) is 0 Å². The lowest BCUT2D eigenvalue weighted by atomic mass is 9.76. The molecule has 0 aromatic heterocycles. The molecule has 2 rings (SSSR count). The monoisotopic (exact) mass is 232 g/mol. The van der Waals surface area contributed by atoms with Crippen molar-refractivity contribution >= 4 is 5.91 Å². The molecule has 0 bridgehead atoms. The van der Waals surface area contributed by atoms with E-state index in [0.717, 1.165) is 12.0 Å². The minimum absolute atomic E-state index is 0.00391. The van der Waals surface area contributed by atoms with Crippen LogP contribution in [0.4, 0.5) is 0 Å². The highest BCUT2D eigenvalue weighted by molar-refractivity contribution is 5.87. The van der Waals surface area contributed by atoms with Gasteiger partial charge in [0, 0.05) is 11.6 Å². The molecule has 1 aromatic rings. The van der Waals surface area contributed by atoms with Crippen LogP contribution in [0.3, 0.4) is 0 Å². The van der Waals surface area contributed by atoms with Crippen LogP contribution in [-0.2, 0) is 11.2 Å². The maximum atomic E-state index is 12.1. The van der Waals surface area contributed by atoms with Gasteiger partial charge >= 0.3 is 0 Å². The molecular weight excluding hydrogens is 212 g/mol. The Labute approximate surface area is 102 Å². The predicted octanol–water partition coefficient (Wildman–Crippen LogP) is 1.57. The maximum Gasteiger partial charge on any atom is 0.228 e. The summed E-state index contributed by atoms with van der Waals surface area (Å²) in [5.74, 6) is 0.0928. The number of nitrogens with one attached hydrogen (secondary N) is 1. The van der Waals surface area contributed by atoms with E-state index in [-0.39, 0.29) is 23.4 Å². The summed E-state index contributed by atoms with van der Waals surface area (Å²) < 4.78 is 0. The van der Waals surface area contributed by atoms with Crippen LogP contribution in [0, 0.1) is 0 Å². The van der Waals surface area contributed by atoms with Crippen LogP contribution in [0.15, 0.2) is 24.3 Å². The van der Waals surface area contributed by atoms with Crippen LogP contribution in [-0.4, -0.2) is 17.5 Å². The second-order valence-electron chi connectivity index (χ2n) is 5.46. The first-order chi connectivity index (χ1) is 7.92. The van der Waals surface area contributed by atoms with Crippen LogP contribution < -0.4 is 11.1 Å². The van der Waals surface area contributed by atoms with Gasteiger partial charge in [0.05, 0.1) is 5.92 Å². The van der Waals surface area contributed by atoms with E-state index in [1.165, 1.54) is 5.56 Å². The van der Waals surface area contributed by atoms with Crippen molar-refractivity contribution in [1.82, 2.24) is 5.32 Å². The Morgan fingerprint density at radius 1 is 1.47 bits per heavy atom. The number of hydrogen-bond donors (Lipinski definition) is 2. The molecule has 92 valence electrons. The van der Waals surface area contributed by atoms with E-state index in [2.05, 4.69) is 11.4 Å². The summed E-state index contributed by atoms with van der Waals surface area (Å²) in [6.07, 6.45) is 0.844. The third-order valence-electron chi connectivity index (χ3n) is 3.75. The van der Waals surface area contributed by atoms with Crippen LogP contribution in [0.25, 0.3) is 0 Å². The second-order valence-corrected chi connectivity index (χ2v) is 5.46. The Kier molecular flexibility index (Phi) is 2.96. The van der Waals surface area contributed by atoms with Gasteiger partial charge in [-0.2, -0.15) is 0 Å². The number of hydrogen-bond acceptors (Lipinski definition) is 2. The maximum absolute atomic E-state index is 12.1. The Balaban J connectivity index is 2.05. The molecule has 2 unspecified atom stereocenters. The van der Waals surface area contributed by atoms with E-state index < -0.39 is 0 Å². The minimum Gasteiger partial charge on any atom is -0.349 e. The average molecular weight is 232 g/mol. The summed E-state index contributed by atoms with van der Waals surface area (Å²) in [6.45, 7) is 5.83. The fourth-order valence-corrected chi connectivity index (χ4v) is 2.01. The van der Waals surface area contributed by atoms with E-state index in [9.17, 15) is 4.79 Å². The highest BCUT2D eigenvalue weighted by Gasteiger charge is 2.35. The molecule has 17 heavy (non-hydrogen) atoms. The minimum atomic E-state index is -0.360. The van der Waals surface area contributed by atoms with Crippen molar-refractivity contribution in [2.24, 2.45) is 5.73 Å². The predicted molar refractivity (Wildman–Crippen MR) is 68.8 cm³/mol. The molecule has 0 fully saturated rings. The van der Waals surface area contributed by atoms with Crippen LogP contribution in [0.2, 0.25) is 0 Å². The standard InChI is InChI=1S/C14H20N2O/c1-9(15)14(2,3)16-13(17)12-8-10-6-4-5-7-11(10)12/h4-7,9,12H,8,15H2,1-3H3,(H,16,17). The summed E-state index contributed by atoms with van der Waals surface area (Å²) in [6, 6.07) is 8.03. The van der Waals surface area contributed by atoms with Crippen molar-refractivity contribution in [3.05, 3.63) is 35.4 Å². The molecule has 0 spiro atoms. The van der Waals surface area contributed by atoms with Crippen LogP contribution in [0.5, 0.6) is 0 Å². The zero-order valence-electron chi connectivity index (χ0n) is 10.7. The summed E-state index contributed by atoms with van der Waals surface area (Å²) in [5.41, 5.74) is 7.94. The molecule has 0 saturated heterocycles. The van der Waals surface area contributed by atoms with Gasteiger partial charge in [-0.25, -0.2) is 0 Å². The fraction of sp³-hybridized carbons (Fsp3) is 0.500. The molecule has 1 aliphatic carbocycles. The van der Waals surface area contributed by atoms with E-state index >= 15 is 0 Å². The molecule has 1 amide bonds. The number of amides is 1. The Morgan fingerprint density at radius 3 is 2.71 bits per heavy atom. The SMILES string of the molecule is CC(N)C(C)(C)NC(=O)C1Cc2ccccc21. The van der Waals surface area contributed by atoms with Crippen LogP contribution >= 0.6 is 0 Å². The Hall–Kier alpha value is -1.35. The quantitative estimate of drug-likeness (QED) is 0.831. The largest absolute Gasteiger partial charge is 0.349 e. The van der Waals surface area contributed by atoms with Crippen LogP contribution in [0.1, 0.15) is 37.8 Å². The molecular formula is C14H20N2O. The summed E-state index contributed by atoms with van der Waals surface area (Å²) in [5, 5.41) is 3.03. The smallest absolute Gasteiger partial charge is 0.228 e. The topological polar surface area (TPSA) is 55.1 Å². The number of rotatable bonds is 3. The zero-order chi connectivity index (χ0) is 12.6. The first kappa shape index (κ1) is 12.1. The van der Waals surface area contributed by atoms with Crippen molar-refractivity contribution < 1.29 is 4.79 Å².